The van der Waals surface area contributed by atoms with Crippen LogP contribution >= 0.6 is 0 Å². The molecule has 1 aromatic carbocycles. The second-order valence-electron chi connectivity index (χ2n) is 7.11. The molecule has 7 nitrogen and oxygen atoms in total. The highest BCUT2D eigenvalue weighted by Crippen LogP contribution is 2.33. The summed E-state index contributed by atoms with van der Waals surface area (Å²) in [5.74, 6) is 0.112. The summed E-state index contributed by atoms with van der Waals surface area (Å²) in [6.45, 7) is 0.740. The van der Waals surface area contributed by atoms with Crippen molar-refractivity contribution in [1.82, 2.24) is 25.0 Å². The van der Waals surface area contributed by atoms with E-state index in [9.17, 15) is 18.0 Å². The fourth-order valence-electron chi connectivity index (χ4n) is 3.61. The van der Waals surface area contributed by atoms with E-state index in [1.54, 1.807) is 0 Å². The molecule has 0 saturated carbocycles. The Morgan fingerprint density at radius 3 is 2.83 bits per heavy atom. The van der Waals surface area contributed by atoms with Gasteiger partial charge in [-0.3, -0.25) is 9.78 Å². The van der Waals surface area contributed by atoms with Gasteiger partial charge in [0.25, 0.3) is 5.91 Å². The lowest BCUT2D eigenvalue weighted by molar-refractivity contribution is -0.138. The van der Waals surface area contributed by atoms with Crippen molar-refractivity contribution < 1.29 is 22.5 Å². The highest BCUT2D eigenvalue weighted by atomic mass is 19.4. The Morgan fingerprint density at radius 2 is 2.07 bits per heavy atom. The molecule has 1 saturated heterocycles. The van der Waals surface area contributed by atoms with Gasteiger partial charge >= 0.3 is 6.18 Å². The van der Waals surface area contributed by atoms with Crippen molar-refractivity contribution in [2.75, 3.05) is 13.1 Å². The van der Waals surface area contributed by atoms with Crippen LogP contribution in [0.2, 0.25) is 0 Å². The van der Waals surface area contributed by atoms with Gasteiger partial charge in [0, 0.05) is 31.9 Å². The molecule has 0 aliphatic carbocycles. The summed E-state index contributed by atoms with van der Waals surface area (Å²) in [6.07, 6.45) is 1.93. The molecule has 1 amide bonds. The van der Waals surface area contributed by atoms with Gasteiger partial charge in [-0.25, -0.2) is 4.98 Å². The van der Waals surface area contributed by atoms with Gasteiger partial charge in [-0.05, 0) is 30.9 Å². The van der Waals surface area contributed by atoms with E-state index in [1.807, 2.05) is 0 Å². The third kappa shape index (κ3) is 4.32. The van der Waals surface area contributed by atoms with Gasteiger partial charge in [-0.15, -0.1) is 0 Å². The van der Waals surface area contributed by atoms with Crippen LogP contribution in [0.15, 0.2) is 47.4 Å². The average molecular weight is 417 g/mol. The van der Waals surface area contributed by atoms with Crippen molar-refractivity contribution in [3.05, 3.63) is 59.9 Å². The van der Waals surface area contributed by atoms with Gasteiger partial charge in [0.05, 0.1) is 17.3 Å². The molecule has 156 valence electrons. The zero-order valence-corrected chi connectivity index (χ0v) is 15.8. The molecule has 1 atom stereocenters. The summed E-state index contributed by atoms with van der Waals surface area (Å²) in [6, 6.07) is 4.88. The van der Waals surface area contributed by atoms with E-state index in [1.165, 1.54) is 41.7 Å². The van der Waals surface area contributed by atoms with Crippen molar-refractivity contribution in [1.29, 1.82) is 0 Å². The van der Waals surface area contributed by atoms with Gasteiger partial charge in [0.1, 0.15) is 5.69 Å². The Balaban J connectivity index is 1.46. The van der Waals surface area contributed by atoms with Gasteiger partial charge in [0.15, 0.2) is 0 Å². The fourth-order valence-corrected chi connectivity index (χ4v) is 3.61. The third-order valence-corrected chi connectivity index (χ3v) is 4.99. The fraction of sp³-hybridized carbons (Fsp3) is 0.350. The zero-order valence-electron chi connectivity index (χ0n) is 15.8. The summed E-state index contributed by atoms with van der Waals surface area (Å²) >= 11 is 0. The van der Waals surface area contributed by atoms with E-state index < -0.39 is 17.6 Å². The maximum absolute atomic E-state index is 13.3. The first-order valence-corrected chi connectivity index (χ1v) is 9.46. The molecule has 10 heteroatoms. The van der Waals surface area contributed by atoms with Gasteiger partial charge < -0.3 is 9.42 Å². The van der Waals surface area contributed by atoms with Crippen LogP contribution in [0.1, 0.15) is 34.7 Å². The molecule has 1 aliphatic heterocycles. The van der Waals surface area contributed by atoms with E-state index in [0.29, 0.717) is 43.3 Å². The maximum Gasteiger partial charge on any atom is 0.417 e. The van der Waals surface area contributed by atoms with Crippen molar-refractivity contribution in [2.45, 2.75) is 25.4 Å². The van der Waals surface area contributed by atoms with E-state index in [-0.39, 0.29) is 11.5 Å². The van der Waals surface area contributed by atoms with Crippen LogP contribution in [0.5, 0.6) is 0 Å². The third-order valence-electron chi connectivity index (χ3n) is 4.99. The second-order valence-corrected chi connectivity index (χ2v) is 7.11. The van der Waals surface area contributed by atoms with E-state index in [2.05, 4.69) is 20.1 Å². The second kappa shape index (κ2) is 8.21. The topological polar surface area (TPSA) is 85.0 Å². The standard InChI is InChI=1S/C20H18F3N5O2/c21-20(22,23)15-6-2-1-5-14(15)19(29)28-9-3-4-13(12-28)10-17-26-18(27-30-17)16-11-24-7-8-25-16/h1-2,5-8,11,13H,3-4,9-10,12H2. The number of hydrogen-bond acceptors (Lipinski definition) is 6. The number of piperidine rings is 1. The van der Waals surface area contributed by atoms with Gasteiger partial charge in [-0.1, -0.05) is 17.3 Å². The molecule has 4 rings (SSSR count). The molecule has 0 bridgehead atoms. The minimum Gasteiger partial charge on any atom is -0.339 e. The number of carbonyl (C=O) groups excluding carboxylic acids is 1. The highest BCUT2D eigenvalue weighted by molar-refractivity contribution is 5.96. The summed E-state index contributed by atoms with van der Waals surface area (Å²) in [4.78, 5) is 26.7. The predicted molar refractivity (Wildman–Crippen MR) is 99.1 cm³/mol. The molecular weight excluding hydrogens is 399 g/mol. The quantitative estimate of drug-likeness (QED) is 0.644. The lowest BCUT2D eigenvalue weighted by Crippen LogP contribution is -2.41. The highest BCUT2D eigenvalue weighted by Gasteiger charge is 2.36. The maximum atomic E-state index is 13.3. The number of aromatic nitrogens is 4. The Morgan fingerprint density at radius 1 is 1.23 bits per heavy atom. The molecule has 3 heterocycles. The first-order chi connectivity index (χ1) is 14.4. The average Bonchev–Trinajstić information content (AvgIpc) is 3.22. The Kier molecular flexibility index (Phi) is 5.47. The Labute approximate surface area is 170 Å². The van der Waals surface area contributed by atoms with E-state index in [0.717, 1.165) is 12.5 Å². The van der Waals surface area contributed by atoms with Crippen molar-refractivity contribution in [3.63, 3.8) is 0 Å². The number of nitrogens with zero attached hydrogens (tertiary/aromatic N) is 5. The van der Waals surface area contributed by atoms with Crippen LogP contribution in [0.3, 0.4) is 0 Å². The van der Waals surface area contributed by atoms with Gasteiger partial charge in [0.2, 0.25) is 11.7 Å². The Bertz CT molecular complexity index is 1020. The van der Waals surface area contributed by atoms with E-state index >= 15 is 0 Å². The predicted octanol–water partition coefficient (Wildman–Crippen LogP) is 3.64. The molecular formula is C20H18F3N5O2. The first kappa shape index (κ1) is 20.0. The number of halogens is 3. The summed E-state index contributed by atoms with van der Waals surface area (Å²) in [5, 5.41) is 3.90. The normalized spacial score (nSPS) is 17.2. The van der Waals surface area contributed by atoms with Crippen LogP contribution in [-0.2, 0) is 12.6 Å². The monoisotopic (exact) mass is 417 g/mol. The molecule has 2 aromatic heterocycles. The van der Waals surface area contributed by atoms with Crippen molar-refractivity contribution >= 4 is 5.91 Å². The largest absolute Gasteiger partial charge is 0.417 e. The number of hydrogen-bond donors (Lipinski definition) is 0. The van der Waals surface area contributed by atoms with Gasteiger partial charge in [-0.2, -0.15) is 18.2 Å². The van der Waals surface area contributed by atoms with Crippen molar-refractivity contribution in [2.24, 2.45) is 5.92 Å². The SMILES string of the molecule is O=C(c1ccccc1C(F)(F)F)N1CCCC(Cc2nc(-c3cnccn3)no2)C1. The minimum atomic E-state index is -4.58. The van der Waals surface area contributed by atoms with Crippen LogP contribution in [0.25, 0.3) is 11.5 Å². The summed E-state index contributed by atoms with van der Waals surface area (Å²) in [5.41, 5.74) is -0.757. The number of benzene rings is 1. The van der Waals surface area contributed by atoms with Crippen LogP contribution in [-0.4, -0.2) is 44.0 Å². The zero-order chi connectivity index (χ0) is 21.1. The number of likely N-dealkylation sites (tertiary alicyclic amines) is 1. The van der Waals surface area contributed by atoms with Crippen LogP contribution in [0, 0.1) is 5.92 Å². The molecule has 1 unspecified atom stereocenters. The molecule has 1 fully saturated rings. The van der Waals surface area contributed by atoms with Crippen LogP contribution in [0.4, 0.5) is 13.2 Å². The molecule has 3 aromatic rings. The summed E-state index contributed by atoms with van der Waals surface area (Å²) < 4.78 is 45.1. The lowest BCUT2D eigenvalue weighted by atomic mass is 9.93. The number of carbonyl (C=O) groups is 1. The molecule has 0 N–H and O–H groups in total. The molecule has 0 spiro atoms. The number of alkyl halides is 3. The van der Waals surface area contributed by atoms with Crippen LogP contribution < -0.4 is 0 Å². The molecule has 30 heavy (non-hydrogen) atoms. The first-order valence-electron chi connectivity index (χ1n) is 9.46. The smallest absolute Gasteiger partial charge is 0.339 e. The van der Waals surface area contributed by atoms with E-state index in [4.69, 9.17) is 4.52 Å². The molecule has 0 radical (unpaired) electrons. The number of rotatable bonds is 4. The minimum absolute atomic E-state index is 0.0101. The lowest BCUT2D eigenvalue weighted by Gasteiger charge is -2.32. The van der Waals surface area contributed by atoms with Crippen molar-refractivity contribution in [3.8, 4) is 11.5 Å². The molecule has 1 aliphatic rings. The Hall–Kier alpha value is -3.30. The summed E-state index contributed by atoms with van der Waals surface area (Å²) in [7, 11) is 0. The number of amides is 1.